The normalized spacial score (nSPS) is 10.4. The first-order chi connectivity index (χ1) is 9.31. The Morgan fingerprint density at radius 1 is 1.25 bits per heavy atom. The van der Waals surface area contributed by atoms with Gasteiger partial charge in [0.1, 0.15) is 0 Å². The second-order valence-corrected chi connectivity index (χ2v) is 5.53. The van der Waals surface area contributed by atoms with Crippen LogP contribution in [0.3, 0.4) is 0 Å². The molecule has 0 spiro atoms. The van der Waals surface area contributed by atoms with Gasteiger partial charge in [-0.3, -0.25) is 9.59 Å². The van der Waals surface area contributed by atoms with E-state index >= 15 is 0 Å². The van der Waals surface area contributed by atoms with Gasteiger partial charge in [0.25, 0.3) is 5.91 Å². The number of hydrogen-bond donors (Lipinski definition) is 3. The SMILES string of the molecule is CC(C)CNC(=O)CNC(=O)c1cc(N)cc(Cl)c1Cl. The largest absolute Gasteiger partial charge is 0.399 e. The third-order valence-corrected chi connectivity index (χ3v) is 3.21. The highest BCUT2D eigenvalue weighted by atomic mass is 35.5. The number of nitrogens with two attached hydrogens (primary N) is 1. The van der Waals surface area contributed by atoms with Gasteiger partial charge in [0.2, 0.25) is 5.91 Å². The number of nitrogen functional groups attached to an aromatic ring is 1. The molecule has 1 aromatic rings. The predicted molar refractivity (Wildman–Crippen MR) is 81.1 cm³/mol. The van der Waals surface area contributed by atoms with Crippen molar-refractivity contribution in [1.29, 1.82) is 0 Å². The molecule has 20 heavy (non-hydrogen) atoms. The van der Waals surface area contributed by atoms with Crippen molar-refractivity contribution in [3.8, 4) is 0 Å². The Hall–Kier alpha value is -1.46. The number of benzene rings is 1. The van der Waals surface area contributed by atoms with Gasteiger partial charge in [-0.1, -0.05) is 37.0 Å². The summed E-state index contributed by atoms with van der Waals surface area (Å²) in [7, 11) is 0. The van der Waals surface area contributed by atoms with Gasteiger partial charge in [0, 0.05) is 12.2 Å². The van der Waals surface area contributed by atoms with Crippen LogP contribution in [0.1, 0.15) is 24.2 Å². The van der Waals surface area contributed by atoms with Crippen LogP contribution in [0, 0.1) is 5.92 Å². The van der Waals surface area contributed by atoms with Crippen molar-refractivity contribution >= 4 is 40.7 Å². The summed E-state index contributed by atoms with van der Waals surface area (Å²) in [5.74, 6) is -0.418. The Balaban J connectivity index is 2.62. The summed E-state index contributed by atoms with van der Waals surface area (Å²) in [4.78, 5) is 23.4. The molecule has 110 valence electrons. The van der Waals surface area contributed by atoms with Gasteiger partial charge in [-0.15, -0.1) is 0 Å². The average molecular weight is 318 g/mol. The molecule has 0 fully saturated rings. The molecule has 0 aliphatic heterocycles. The number of nitrogens with one attached hydrogen (secondary N) is 2. The van der Waals surface area contributed by atoms with Crippen molar-refractivity contribution in [2.24, 2.45) is 5.92 Å². The maximum Gasteiger partial charge on any atom is 0.253 e. The van der Waals surface area contributed by atoms with E-state index in [4.69, 9.17) is 28.9 Å². The first-order valence-corrected chi connectivity index (χ1v) is 6.86. The van der Waals surface area contributed by atoms with Crippen molar-refractivity contribution < 1.29 is 9.59 Å². The lowest BCUT2D eigenvalue weighted by Crippen LogP contribution is -2.38. The Morgan fingerprint density at radius 2 is 1.90 bits per heavy atom. The Kier molecular flexibility index (Phi) is 6.10. The van der Waals surface area contributed by atoms with Crippen LogP contribution in [0.5, 0.6) is 0 Å². The van der Waals surface area contributed by atoms with Crippen LogP contribution < -0.4 is 16.4 Å². The summed E-state index contributed by atoms with van der Waals surface area (Å²) in [5.41, 5.74) is 6.07. The predicted octanol–water partition coefficient (Wildman–Crippen LogP) is 2.08. The molecule has 0 atom stereocenters. The van der Waals surface area contributed by atoms with Crippen LogP contribution in [0.15, 0.2) is 12.1 Å². The molecule has 0 aromatic heterocycles. The molecule has 1 aromatic carbocycles. The lowest BCUT2D eigenvalue weighted by Gasteiger charge is -2.10. The lowest BCUT2D eigenvalue weighted by molar-refractivity contribution is -0.120. The van der Waals surface area contributed by atoms with Crippen LogP contribution in [0.2, 0.25) is 10.0 Å². The molecule has 0 saturated carbocycles. The zero-order valence-corrected chi connectivity index (χ0v) is 12.8. The van der Waals surface area contributed by atoms with Gasteiger partial charge in [-0.2, -0.15) is 0 Å². The minimum absolute atomic E-state index is 0.112. The van der Waals surface area contributed by atoms with Crippen LogP contribution in [-0.2, 0) is 4.79 Å². The van der Waals surface area contributed by atoms with E-state index in [9.17, 15) is 9.59 Å². The smallest absolute Gasteiger partial charge is 0.253 e. The van der Waals surface area contributed by atoms with Crippen molar-refractivity contribution in [3.63, 3.8) is 0 Å². The molecule has 0 bridgehead atoms. The van der Waals surface area contributed by atoms with Gasteiger partial charge in [0.05, 0.1) is 22.2 Å². The molecular formula is C13H17Cl2N3O2. The zero-order valence-electron chi connectivity index (χ0n) is 11.3. The maximum absolute atomic E-state index is 11.9. The van der Waals surface area contributed by atoms with E-state index in [1.54, 1.807) is 0 Å². The van der Waals surface area contributed by atoms with E-state index in [-0.39, 0.29) is 28.1 Å². The van der Waals surface area contributed by atoms with Gasteiger partial charge in [0.15, 0.2) is 0 Å². The Bertz CT molecular complexity index is 519. The second-order valence-electron chi connectivity index (χ2n) is 4.74. The fourth-order valence-electron chi connectivity index (χ4n) is 1.41. The maximum atomic E-state index is 11.9. The molecular weight excluding hydrogens is 301 g/mol. The van der Waals surface area contributed by atoms with Crippen LogP contribution in [0.4, 0.5) is 5.69 Å². The standard InChI is InChI=1S/C13H17Cl2N3O2/c1-7(2)5-17-11(19)6-18-13(20)9-3-8(16)4-10(14)12(9)15/h3-4,7H,5-6,16H2,1-2H3,(H,17,19)(H,18,20). The Labute approximate surface area is 127 Å². The molecule has 0 radical (unpaired) electrons. The average Bonchev–Trinajstić information content (AvgIpc) is 2.37. The molecule has 0 unspecified atom stereocenters. The second kappa shape index (κ2) is 7.36. The minimum Gasteiger partial charge on any atom is -0.399 e. The van der Waals surface area contributed by atoms with E-state index < -0.39 is 5.91 Å². The van der Waals surface area contributed by atoms with Crippen molar-refractivity contribution in [1.82, 2.24) is 10.6 Å². The van der Waals surface area contributed by atoms with E-state index in [0.29, 0.717) is 18.2 Å². The summed E-state index contributed by atoms with van der Waals surface area (Å²) in [6.07, 6.45) is 0. The molecule has 7 heteroatoms. The lowest BCUT2D eigenvalue weighted by atomic mass is 10.2. The summed E-state index contributed by atoms with van der Waals surface area (Å²) in [5, 5.41) is 5.46. The highest BCUT2D eigenvalue weighted by Gasteiger charge is 2.15. The monoisotopic (exact) mass is 317 g/mol. The number of carbonyl (C=O) groups is 2. The number of halogens is 2. The Morgan fingerprint density at radius 3 is 2.50 bits per heavy atom. The third-order valence-electron chi connectivity index (χ3n) is 2.41. The topological polar surface area (TPSA) is 84.2 Å². The third kappa shape index (κ3) is 4.90. The van der Waals surface area contributed by atoms with Crippen LogP contribution in [0.25, 0.3) is 0 Å². The first kappa shape index (κ1) is 16.6. The van der Waals surface area contributed by atoms with Crippen molar-refractivity contribution in [3.05, 3.63) is 27.7 Å². The fraction of sp³-hybridized carbons (Fsp3) is 0.385. The summed E-state index contributed by atoms with van der Waals surface area (Å²) in [6, 6.07) is 2.87. The van der Waals surface area contributed by atoms with Crippen molar-refractivity contribution in [2.75, 3.05) is 18.8 Å². The molecule has 0 saturated heterocycles. The molecule has 0 aliphatic carbocycles. The van der Waals surface area contributed by atoms with Crippen molar-refractivity contribution in [2.45, 2.75) is 13.8 Å². The molecule has 0 heterocycles. The minimum atomic E-state index is -0.496. The van der Waals surface area contributed by atoms with E-state index in [0.717, 1.165) is 0 Å². The number of amides is 2. The highest BCUT2D eigenvalue weighted by molar-refractivity contribution is 6.44. The highest BCUT2D eigenvalue weighted by Crippen LogP contribution is 2.28. The zero-order chi connectivity index (χ0) is 15.3. The van der Waals surface area contributed by atoms with Gasteiger partial charge >= 0.3 is 0 Å². The number of anilines is 1. The summed E-state index contributed by atoms with van der Waals surface area (Å²) < 4.78 is 0. The number of hydrogen-bond acceptors (Lipinski definition) is 3. The molecule has 5 nitrogen and oxygen atoms in total. The quantitative estimate of drug-likeness (QED) is 0.727. The van der Waals surface area contributed by atoms with Gasteiger partial charge < -0.3 is 16.4 Å². The summed E-state index contributed by atoms with van der Waals surface area (Å²) in [6.45, 7) is 4.38. The molecule has 0 aliphatic rings. The molecule has 2 amide bonds. The first-order valence-electron chi connectivity index (χ1n) is 6.10. The number of carbonyl (C=O) groups excluding carboxylic acids is 2. The van der Waals surface area contributed by atoms with Gasteiger partial charge in [-0.05, 0) is 18.1 Å². The van der Waals surface area contributed by atoms with Crippen LogP contribution >= 0.6 is 23.2 Å². The molecule has 4 N–H and O–H groups in total. The van der Waals surface area contributed by atoms with Crippen LogP contribution in [-0.4, -0.2) is 24.9 Å². The van der Waals surface area contributed by atoms with E-state index in [1.807, 2.05) is 13.8 Å². The van der Waals surface area contributed by atoms with E-state index in [1.165, 1.54) is 12.1 Å². The summed E-state index contributed by atoms with van der Waals surface area (Å²) >= 11 is 11.8. The fourth-order valence-corrected chi connectivity index (χ4v) is 1.83. The number of rotatable bonds is 5. The van der Waals surface area contributed by atoms with Gasteiger partial charge in [-0.25, -0.2) is 0 Å². The molecule has 1 rings (SSSR count). The van der Waals surface area contributed by atoms with E-state index in [2.05, 4.69) is 10.6 Å².